The van der Waals surface area contributed by atoms with Crippen LogP contribution in [0.5, 0.6) is 0 Å². The number of nitrogens with zero attached hydrogens (tertiary/aromatic N) is 6. The summed E-state index contributed by atoms with van der Waals surface area (Å²) in [6.45, 7) is 5.10. The number of hydrogen-bond donors (Lipinski definition) is 0. The Morgan fingerprint density at radius 1 is 0.511 bits per heavy atom. The molecule has 0 radical (unpaired) electrons. The predicted molar refractivity (Wildman–Crippen MR) is 140 cm³/mol. The molecule has 0 aromatic carbocycles. The number of rotatable bonds is 12. The molecule has 0 bridgehead atoms. The van der Waals surface area contributed by atoms with Gasteiger partial charge < -0.3 is 42.6 Å². The Kier molecular flexibility index (Phi) is 13.8. The zero-order valence-corrected chi connectivity index (χ0v) is 25.0. The van der Waals surface area contributed by atoms with Gasteiger partial charge in [-0.1, -0.05) is 10.2 Å². The Hall–Kier alpha value is -4.68. The molecule has 2 fully saturated rings. The third-order valence-electron chi connectivity index (χ3n) is 5.91. The van der Waals surface area contributed by atoms with E-state index in [0.29, 0.717) is 0 Å². The molecule has 0 amide bonds. The molecule has 0 aliphatic carbocycles. The summed E-state index contributed by atoms with van der Waals surface area (Å²) in [7, 11) is 0. The van der Waals surface area contributed by atoms with Crippen LogP contribution in [0.1, 0.15) is 41.5 Å². The summed E-state index contributed by atoms with van der Waals surface area (Å²) in [6.07, 6.45) is -16.0. The Balaban J connectivity index is 2.69. The lowest BCUT2D eigenvalue weighted by molar-refractivity contribution is -0.373. The largest absolute Gasteiger partial charge is 0.456 e. The Morgan fingerprint density at radius 2 is 0.778 bits per heavy atom. The normalized spacial score (nSPS) is 30.6. The lowest BCUT2D eigenvalue weighted by Crippen LogP contribution is -2.66. The molecule has 0 N–H and O–H groups in total. The Labute approximate surface area is 254 Å². The van der Waals surface area contributed by atoms with Crippen molar-refractivity contribution < 1.29 is 71.4 Å². The fourth-order valence-electron chi connectivity index (χ4n) is 4.59. The fourth-order valence-corrected chi connectivity index (χ4v) is 4.59. The third-order valence-corrected chi connectivity index (χ3v) is 5.91. The van der Waals surface area contributed by atoms with Crippen LogP contribution in [0.25, 0.3) is 20.9 Å². The highest BCUT2D eigenvalue weighted by Gasteiger charge is 2.57. The van der Waals surface area contributed by atoms with Gasteiger partial charge in [0.25, 0.3) is 0 Å². The van der Waals surface area contributed by atoms with Gasteiger partial charge in [0.1, 0.15) is 12.2 Å². The zero-order valence-electron chi connectivity index (χ0n) is 25.0. The van der Waals surface area contributed by atoms with E-state index in [4.69, 9.17) is 53.7 Å². The van der Waals surface area contributed by atoms with Crippen molar-refractivity contribution in [1.82, 2.24) is 0 Å². The molecule has 45 heavy (non-hydrogen) atoms. The summed E-state index contributed by atoms with van der Waals surface area (Å²) >= 11 is 0. The summed E-state index contributed by atoms with van der Waals surface area (Å²) in [6, 6.07) is 0. The number of esters is 6. The zero-order chi connectivity index (χ0) is 33.8. The van der Waals surface area contributed by atoms with Gasteiger partial charge in [0, 0.05) is 51.4 Å². The smallest absolute Gasteiger partial charge is 0.303 e. The second-order valence-corrected chi connectivity index (χ2v) is 9.49. The maximum atomic E-state index is 12.2. The van der Waals surface area contributed by atoms with Crippen molar-refractivity contribution in [2.24, 2.45) is 10.2 Å². The van der Waals surface area contributed by atoms with Crippen molar-refractivity contribution in [3.63, 3.8) is 0 Å². The first-order chi connectivity index (χ1) is 21.2. The van der Waals surface area contributed by atoms with E-state index in [9.17, 15) is 28.8 Å². The second-order valence-electron chi connectivity index (χ2n) is 9.49. The van der Waals surface area contributed by atoms with E-state index in [0.717, 1.165) is 41.5 Å². The summed E-state index contributed by atoms with van der Waals surface area (Å²) in [5, 5.41) is 6.85. The van der Waals surface area contributed by atoms with Crippen molar-refractivity contribution in [2.75, 3.05) is 13.1 Å². The van der Waals surface area contributed by atoms with Crippen molar-refractivity contribution in [1.29, 1.82) is 0 Å². The molecule has 0 aromatic rings. The van der Waals surface area contributed by atoms with Crippen LogP contribution in [0.15, 0.2) is 10.2 Å². The molecule has 2 aliphatic heterocycles. The first-order valence-electron chi connectivity index (χ1n) is 13.2. The van der Waals surface area contributed by atoms with Gasteiger partial charge in [-0.2, -0.15) is 0 Å². The molecule has 0 spiro atoms. The minimum Gasteiger partial charge on any atom is -0.456 e. The molecule has 2 aliphatic rings. The average molecular weight is 645 g/mol. The molecule has 2 rings (SSSR count). The van der Waals surface area contributed by atoms with E-state index >= 15 is 0 Å². The van der Waals surface area contributed by atoms with E-state index in [1.54, 1.807) is 0 Å². The molecular weight excluding hydrogens is 612 g/mol. The number of azide groups is 2. The standard InChI is InChI=1S/C24H32N6O15/c1-9(31)37-17-15(7-27-29-25)43-23(21(41-13(5)35)19(17)39-11(3)33)45-24-22(42-14(6)36)20(40-12(4)34)18(38-10(2)32)16(44-24)8-28-30-26/h15-24H,7-8H2,1-6H3/t15?,16?,17-,18-,19+,20?,21?,22?,23-,24+/m1/s1. The van der Waals surface area contributed by atoms with Crippen molar-refractivity contribution >= 4 is 35.8 Å². The number of hydrogen-bond acceptors (Lipinski definition) is 17. The van der Waals surface area contributed by atoms with Crippen LogP contribution >= 0.6 is 0 Å². The Bertz CT molecular complexity index is 1140. The maximum absolute atomic E-state index is 12.2. The molecule has 2 heterocycles. The van der Waals surface area contributed by atoms with E-state index in [1.165, 1.54) is 0 Å². The topological polar surface area (TPSA) is 283 Å². The van der Waals surface area contributed by atoms with E-state index < -0.39 is 110 Å². The molecule has 10 atom stereocenters. The van der Waals surface area contributed by atoms with E-state index in [-0.39, 0.29) is 0 Å². The van der Waals surface area contributed by atoms with Crippen molar-refractivity contribution in [3.8, 4) is 0 Å². The minimum absolute atomic E-state index is 0.512. The molecule has 0 aromatic heterocycles. The minimum atomic E-state index is -1.81. The first-order valence-corrected chi connectivity index (χ1v) is 13.2. The summed E-state index contributed by atoms with van der Waals surface area (Å²) in [4.78, 5) is 77.7. The quantitative estimate of drug-likeness (QED) is 0.0927. The first kappa shape index (κ1) is 36.5. The van der Waals surface area contributed by atoms with E-state index in [1.807, 2.05) is 0 Å². The number of ether oxygens (including phenoxy) is 9. The fraction of sp³-hybridized carbons (Fsp3) is 0.750. The highest BCUT2D eigenvalue weighted by atomic mass is 16.8. The van der Waals surface area contributed by atoms with Crippen molar-refractivity contribution in [3.05, 3.63) is 20.9 Å². The van der Waals surface area contributed by atoms with Gasteiger partial charge in [0.05, 0.1) is 13.1 Å². The van der Waals surface area contributed by atoms with Gasteiger partial charge in [0.15, 0.2) is 36.6 Å². The maximum Gasteiger partial charge on any atom is 0.303 e. The SMILES string of the molecule is CC(=O)OC1C(OC(C)=O)[C@H](OC(C)=O)C(CN=[N+]=[N-])O[C@H]1O[C@H]1OC(CN=[N+]=[N-])[C@@H](OC(C)=O)[C@H](OC(C)=O)C1OC(C)=O. The van der Waals surface area contributed by atoms with Crippen LogP contribution in [-0.2, 0) is 71.4 Å². The van der Waals surface area contributed by atoms with Gasteiger partial charge in [0.2, 0.25) is 12.6 Å². The number of carbonyl (C=O) groups excluding carboxylic acids is 6. The van der Waals surface area contributed by atoms with Crippen LogP contribution in [0, 0.1) is 0 Å². The van der Waals surface area contributed by atoms with Crippen LogP contribution in [0.2, 0.25) is 0 Å². The summed E-state index contributed by atoms with van der Waals surface area (Å²) in [5.74, 6) is -5.39. The van der Waals surface area contributed by atoms with Gasteiger partial charge in [-0.15, -0.1) is 0 Å². The van der Waals surface area contributed by atoms with Crippen molar-refractivity contribution in [2.45, 2.75) is 103 Å². The summed E-state index contributed by atoms with van der Waals surface area (Å²) in [5.41, 5.74) is 17.8. The average Bonchev–Trinajstić information content (AvgIpc) is 2.91. The molecule has 21 heteroatoms. The Morgan fingerprint density at radius 3 is 1.04 bits per heavy atom. The molecular formula is C24H32N6O15. The van der Waals surface area contributed by atoms with E-state index in [2.05, 4.69) is 20.1 Å². The van der Waals surface area contributed by atoms with Gasteiger partial charge in [-0.05, 0) is 11.1 Å². The highest BCUT2D eigenvalue weighted by molar-refractivity contribution is 5.69. The van der Waals surface area contributed by atoms with Gasteiger partial charge in [-0.25, -0.2) is 0 Å². The van der Waals surface area contributed by atoms with Gasteiger partial charge in [-0.3, -0.25) is 28.8 Å². The van der Waals surface area contributed by atoms with Crippen LogP contribution in [0.4, 0.5) is 0 Å². The monoisotopic (exact) mass is 644 g/mol. The second kappa shape index (κ2) is 17.0. The molecule has 2 saturated heterocycles. The molecule has 0 saturated carbocycles. The highest BCUT2D eigenvalue weighted by Crippen LogP contribution is 2.35. The molecule has 21 nitrogen and oxygen atoms in total. The van der Waals surface area contributed by atoms with Crippen LogP contribution < -0.4 is 0 Å². The molecule has 248 valence electrons. The lowest BCUT2D eigenvalue weighted by Gasteiger charge is -2.48. The van der Waals surface area contributed by atoms with Gasteiger partial charge >= 0.3 is 35.8 Å². The third kappa shape index (κ3) is 10.8. The molecule has 5 unspecified atom stereocenters. The summed E-state index contributed by atoms with van der Waals surface area (Å²) < 4.78 is 49.7. The van der Waals surface area contributed by atoms with Crippen LogP contribution in [-0.4, -0.2) is 110 Å². The predicted octanol–water partition coefficient (Wildman–Crippen LogP) is 0.664. The lowest BCUT2D eigenvalue weighted by atomic mass is 9.96. The number of carbonyl (C=O) groups is 6. The van der Waals surface area contributed by atoms with Crippen LogP contribution in [0.3, 0.4) is 0 Å².